The fourth-order valence-electron chi connectivity index (χ4n) is 0.330. The van der Waals surface area contributed by atoms with Crippen LogP contribution in [0.2, 0.25) is 0 Å². The van der Waals surface area contributed by atoms with Crippen molar-refractivity contribution in [2.45, 2.75) is 9.30 Å². The van der Waals surface area contributed by atoms with Gasteiger partial charge in [0, 0.05) is 14.2 Å². The lowest BCUT2D eigenvalue weighted by molar-refractivity contribution is 0.148. The Morgan fingerprint density at radius 2 is 1.75 bits per heavy atom. The predicted octanol–water partition coefficient (Wildman–Crippen LogP) is 3.08. The molecule has 0 amide bonds. The van der Waals surface area contributed by atoms with E-state index in [1.165, 1.54) is 14.2 Å². The average molecular weight is 346 g/mol. The van der Waals surface area contributed by atoms with Crippen molar-refractivity contribution in [2.75, 3.05) is 14.2 Å². The third-order valence-corrected chi connectivity index (χ3v) is 4.98. The van der Waals surface area contributed by atoms with E-state index < -0.39 is 17.1 Å². The highest BCUT2D eigenvalue weighted by Gasteiger charge is 2.29. The Balaban J connectivity index is 4.12. The largest absolute Gasteiger partial charge is 0.475 e. The highest BCUT2D eigenvalue weighted by atomic mass is 79.9. The zero-order valence-corrected chi connectivity index (χ0v) is 11.2. The predicted molar refractivity (Wildman–Crippen MR) is 54.0 cm³/mol. The molecule has 0 N–H and O–H groups in total. The minimum atomic E-state index is -3.45. The molecule has 0 radical (unpaired) electrons. The first kappa shape index (κ1) is 13.4. The first-order valence-electron chi connectivity index (χ1n) is 2.77. The number of hydrogen-bond donors (Lipinski definition) is 0. The van der Waals surface area contributed by atoms with Crippen LogP contribution in [0.3, 0.4) is 0 Å². The Kier molecular flexibility index (Phi) is 6.63. The summed E-state index contributed by atoms with van der Waals surface area (Å²) in [4.78, 5) is 0. The van der Waals surface area contributed by atoms with Gasteiger partial charge >= 0.3 is 7.82 Å². The molecule has 0 aromatic carbocycles. The first-order valence-corrected chi connectivity index (χ1v) is 6.50. The molecule has 0 saturated carbocycles. The van der Waals surface area contributed by atoms with E-state index in [0.717, 1.165) is 0 Å². The van der Waals surface area contributed by atoms with Gasteiger partial charge in [-0.2, -0.15) is 0 Å². The van der Waals surface area contributed by atoms with Crippen LogP contribution in [0.5, 0.6) is 0 Å². The maximum absolute atomic E-state index is 11.3. The van der Waals surface area contributed by atoms with Gasteiger partial charge in [-0.3, -0.25) is 13.6 Å². The normalized spacial score (nSPS) is 17.4. The molecule has 2 atom stereocenters. The second-order valence-electron chi connectivity index (χ2n) is 1.60. The van der Waals surface area contributed by atoms with Gasteiger partial charge in [-0.1, -0.05) is 31.9 Å². The van der Waals surface area contributed by atoms with Crippen LogP contribution in [0.25, 0.3) is 0 Å². The highest BCUT2D eigenvalue weighted by molar-refractivity contribution is 9.12. The van der Waals surface area contributed by atoms with Crippen LogP contribution in [0.1, 0.15) is 0 Å². The SMILES string of the molecule is COP(=O)(OC)OC(Br)C(Cl)Br. The number of hydrogen-bond acceptors (Lipinski definition) is 4. The Hall–Kier alpha value is 1.36. The summed E-state index contributed by atoms with van der Waals surface area (Å²) in [5.41, 5.74) is 0. The Morgan fingerprint density at radius 3 is 2.00 bits per heavy atom. The average Bonchev–Trinajstić information content (AvgIpc) is 2.04. The van der Waals surface area contributed by atoms with Crippen LogP contribution < -0.4 is 0 Å². The molecule has 0 aliphatic rings. The summed E-state index contributed by atoms with van der Waals surface area (Å²) in [7, 11) is -1.01. The highest BCUT2D eigenvalue weighted by Crippen LogP contribution is 2.50. The minimum Gasteiger partial charge on any atom is -0.290 e. The monoisotopic (exact) mass is 344 g/mol. The number of rotatable bonds is 5. The molecule has 0 rings (SSSR count). The molecular formula is C4H8Br2ClO4P. The minimum absolute atomic E-state index is 0.517. The van der Waals surface area contributed by atoms with E-state index in [4.69, 9.17) is 16.1 Å². The molecule has 0 bridgehead atoms. The van der Waals surface area contributed by atoms with Crippen molar-refractivity contribution < 1.29 is 18.1 Å². The second kappa shape index (κ2) is 5.96. The zero-order valence-electron chi connectivity index (χ0n) is 6.37. The molecule has 12 heavy (non-hydrogen) atoms. The van der Waals surface area contributed by atoms with Crippen LogP contribution >= 0.6 is 51.3 Å². The molecule has 4 nitrogen and oxygen atoms in total. The van der Waals surface area contributed by atoms with Gasteiger partial charge in [-0.05, 0) is 0 Å². The van der Waals surface area contributed by atoms with E-state index in [0.29, 0.717) is 0 Å². The van der Waals surface area contributed by atoms with Crippen LogP contribution in [-0.2, 0) is 18.1 Å². The Bertz CT molecular complexity index is 170. The lowest BCUT2D eigenvalue weighted by atomic mass is 10.9. The van der Waals surface area contributed by atoms with Crippen LogP contribution in [0.4, 0.5) is 0 Å². The fraction of sp³-hybridized carbons (Fsp3) is 1.00. The molecular weight excluding hydrogens is 338 g/mol. The van der Waals surface area contributed by atoms with Crippen molar-refractivity contribution in [2.24, 2.45) is 0 Å². The summed E-state index contributed by atoms with van der Waals surface area (Å²) >= 11 is 11.6. The number of phosphoric ester groups is 1. The maximum Gasteiger partial charge on any atom is 0.475 e. The number of halogens is 3. The standard InChI is InChI=1S/C4H8Br2ClO4P/c1-9-12(8,10-2)11-4(6)3(5)7/h3-4H,1-2H3. The lowest BCUT2D eigenvalue weighted by Gasteiger charge is -2.17. The molecule has 0 fully saturated rings. The molecule has 2 unspecified atom stereocenters. The van der Waals surface area contributed by atoms with Gasteiger partial charge in [0.2, 0.25) is 0 Å². The van der Waals surface area contributed by atoms with E-state index in [1.54, 1.807) is 0 Å². The van der Waals surface area contributed by atoms with Gasteiger partial charge in [0.05, 0.1) is 0 Å². The van der Waals surface area contributed by atoms with E-state index in [9.17, 15) is 4.57 Å². The summed E-state index contributed by atoms with van der Waals surface area (Å²) in [6.07, 6.45) is 0. The molecule has 0 aliphatic heterocycles. The fourth-order valence-corrected chi connectivity index (χ4v) is 2.03. The van der Waals surface area contributed by atoms with Crippen molar-refractivity contribution in [3.8, 4) is 0 Å². The lowest BCUT2D eigenvalue weighted by Crippen LogP contribution is -2.11. The summed E-state index contributed by atoms with van der Waals surface area (Å²) in [5, 5.41) is -0.648. The van der Waals surface area contributed by atoms with Crippen molar-refractivity contribution in [1.82, 2.24) is 0 Å². The van der Waals surface area contributed by atoms with E-state index in [-0.39, 0.29) is 0 Å². The smallest absolute Gasteiger partial charge is 0.290 e. The first-order chi connectivity index (χ1) is 5.45. The van der Waals surface area contributed by atoms with Crippen LogP contribution in [0.15, 0.2) is 0 Å². The summed E-state index contributed by atoms with van der Waals surface area (Å²) in [6, 6.07) is 0. The van der Waals surface area contributed by atoms with E-state index >= 15 is 0 Å². The van der Waals surface area contributed by atoms with Gasteiger partial charge in [-0.15, -0.1) is 11.6 Å². The molecule has 0 spiro atoms. The Morgan fingerprint density at radius 1 is 1.33 bits per heavy atom. The third kappa shape index (κ3) is 4.56. The molecule has 74 valence electrons. The topological polar surface area (TPSA) is 44.8 Å². The number of phosphoric acid groups is 1. The summed E-state index contributed by atoms with van der Waals surface area (Å²) < 4.78 is 24.6. The van der Waals surface area contributed by atoms with Crippen molar-refractivity contribution in [1.29, 1.82) is 0 Å². The second-order valence-corrected chi connectivity index (χ2v) is 6.33. The van der Waals surface area contributed by atoms with Gasteiger partial charge in [0.25, 0.3) is 0 Å². The van der Waals surface area contributed by atoms with Crippen molar-refractivity contribution >= 4 is 51.3 Å². The van der Waals surface area contributed by atoms with Gasteiger partial charge in [-0.25, -0.2) is 4.57 Å². The van der Waals surface area contributed by atoms with Crippen LogP contribution in [0, 0.1) is 0 Å². The van der Waals surface area contributed by atoms with Crippen LogP contribution in [-0.4, -0.2) is 23.5 Å². The molecule has 0 aromatic rings. The van der Waals surface area contributed by atoms with E-state index in [1.807, 2.05) is 0 Å². The number of alkyl halides is 3. The molecule has 0 aliphatic carbocycles. The van der Waals surface area contributed by atoms with Gasteiger partial charge in [0.15, 0.2) is 5.01 Å². The van der Waals surface area contributed by atoms with Crippen molar-refractivity contribution in [3.05, 3.63) is 0 Å². The van der Waals surface area contributed by atoms with Crippen molar-refractivity contribution in [3.63, 3.8) is 0 Å². The maximum atomic E-state index is 11.3. The quantitative estimate of drug-likeness (QED) is 0.567. The molecule has 0 saturated heterocycles. The molecule has 8 heteroatoms. The van der Waals surface area contributed by atoms with Gasteiger partial charge in [0.1, 0.15) is 4.29 Å². The Labute approximate surface area is 92.8 Å². The summed E-state index contributed by atoms with van der Waals surface area (Å²) in [5.74, 6) is 0. The zero-order chi connectivity index (χ0) is 9.78. The molecule has 0 heterocycles. The third-order valence-electron chi connectivity index (χ3n) is 0.875. The van der Waals surface area contributed by atoms with E-state index in [2.05, 4.69) is 40.9 Å². The van der Waals surface area contributed by atoms with Gasteiger partial charge < -0.3 is 0 Å². The molecule has 0 aromatic heterocycles. The summed E-state index contributed by atoms with van der Waals surface area (Å²) in [6.45, 7) is 0.